The number of rotatable bonds is 4. The Kier molecular flexibility index (Phi) is 4.76. The second-order valence-corrected chi connectivity index (χ2v) is 5.30. The van der Waals surface area contributed by atoms with E-state index in [1.165, 1.54) is 0 Å². The van der Waals surface area contributed by atoms with E-state index < -0.39 is 32.0 Å². The van der Waals surface area contributed by atoms with E-state index in [-0.39, 0.29) is 5.06 Å². The van der Waals surface area contributed by atoms with E-state index in [2.05, 4.69) is 5.32 Å². The summed E-state index contributed by atoms with van der Waals surface area (Å²) in [6.07, 6.45) is -0.529. The Morgan fingerprint density at radius 1 is 1.50 bits per heavy atom. The van der Waals surface area contributed by atoms with Gasteiger partial charge in [-0.05, 0) is 0 Å². The molecule has 0 aromatic carbocycles. The minimum Gasteiger partial charge on any atom is -0.344 e. The van der Waals surface area contributed by atoms with E-state index in [1.807, 2.05) is 0 Å². The van der Waals surface area contributed by atoms with Gasteiger partial charge in [-0.2, -0.15) is 0 Å². The van der Waals surface area contributed by atoms with Gasteiger partial charge in [0, 0.05) is 13.6 Å². The first-order valence-corrected chi connectivity index (χ1v) is 6.04. The average Bonchev–Trinajstić information content (AvgIpc) is 1.96. The van der Waals surface area contributed by atoms with E-state index in [0.29, 0.717) is 0 Å². The van der Waals surface area contributed by atoms with Gasteiger partial charge >= 0.3 is 0 Å². The van der Waals surface area contributed by atoms with E-state index >= 15 is 0 Å². The lowest BCUT2D eigenvalue weighted by Crippen LogP contribution is -2.39. The second-order valence-electron chi connectivity index (χ2n) is 2.89. The Bertz CT molecular complexity index is 273. The summed E-state index contributed by atoms with van der Waals surface area (Å²) in [5.74, 6) is -1.33. The van der Waals surface area contributed by atoms with E-state index in [0.717, 1.165) is 13.6 Å². The van der Waals surface area contributed by atoms with Gasteiger partial charge in [0.05, 0.1) is 0 Å². The molecular formula is C6H13N2O5P. The van der Waals surface area contributed by atoms with Crippen LogP contribution in [-0.4, -0.2) is 46.5 Å². The van der Waals surface area contributed by atoms with Crippen molar-refractivity contribution in [1.29, 1.82) is 0 Å². The molecule has 2 amide bonds. The maximum absolute atomic E-state index is 10.9. The molecule has 82 valence electrons. The molecule has 3 N–H and O–H groups in total. The third kappa shape index (κ3) is 6.59. The zero-order chi connectivity index (χ0) is 11.4. The number of hydrogen-bond acceptors (Lipinski definition) is 4. The molecule has 0 aliphatic heterocycles. The Morgan fingerprint density at radius 2 is 2.00 bits per heavy atom. The number of carbonyl (C=O) groups is 2. The highest BCUT2D eigenvalue weighted by Crippen LogP contribution is 2.33. The molecule has 0 saturated carbocycles. The SMILES string of the molecule is CC(=O)N(O)CNC(=O)CP(C)(=O)O. The highest BCUT2D eigenvalue weighted by molar-refractivity contribution is 7.58. The van der Waals surface area contributed by atoms with Crippen molar-refractivity contribution in [1.82, 2.24) is 10.4 Å². The molecular weight excluding hydrogens is 211 g/mol. The standard InChI is InChI=1S/C6H13N2O5P/c1-5(9)8(11)4-7-6(10)3-14(2,12)13/h11H,3-4H2,1-2H3,(H,7,10)(H,12,13). The summed E-state index contributed by atoms with van der Waals surface area (Å²) in [5.41, 5.74) is 0. The van der Waals surface area contributed by atoms with Crippen LogP contribution in [0.25, 0.3) is 0 Å². The van der Waals surface area contributed by atoms with Crippen molar-refractivity contribution in [2.75, 3.05) is 19.5 Å². The van der Waals surface area contributed by atoms with Crippen LogP contribution in [0.1, 0.15) is 6.92 Å². The lowest BCUT2D eigenvalue weighted by Gasteiger charge is -2.13. The van der Waals surface area contributed by atoms with Gasteiger partial charge in [0.25, 0.3) is 0 Å². The van der Waals surface area contributed by atoms with Crippen molar-refractivity contribution in [3.8, 4) is 0 Å². The Hall–Kier alpha value is -0.910. The molecule has 1 unspecified atom stereocenters. The summed E-state index contributed by atoms with van der Waals surface area (Å²) in [7, 11) is -3.40. The molecule has 0 saturated heterocycles. The molecule has 0 aliphatic carbocycles. The molecule has 14 heavy (non-hydrogen) atoms. The quantitative estimate of drug-likeness (QED) is 0.251. The maximum Gasteiger partial charge on any atom is 0.244 e. The number of nitrogens with zero attached hydrogens (tertiary/aromatic N) is 1. The zero-order valence-electron chi connectivity index (χ0n) is 7.93. The van der Waals surface area contributed by atoms with Crippen molar-refractivity contribution in [3.05, 3.63) is 0 Å². The fourth-order valence-electron chi connectivity index (χ4n) is 0.597. The van der Waals surface area contributed by atoms with E-state index in [9.17, 15) is 14.2 Å². The molecule has 8 heteroatoms. The van der Waals surface area contributed by atoms with Crippen molar-refractivity contribution in [2.24, 2.45) is 0 Å². The maximum atomic E-state index is 10.9. The molecule has 0 aliphatic rings. The minimum absolute atomic E-state index is 0.288. The molecule has 0 spiro atoms. The average molecular weight is 224 g/mol. The number of carbonyl (C=O) groups excluding carboxylic acids is 2. The normalized spacial score (nSPS) is 14.3. The molecule has 0 fully saturated rings. The Labute approximate surface area is 81.1 Å². The fourth-order valence-corrected chi connectivity index (χ4v) is 1.24. The van der Waals surface area contributed by atoms with Gasteiger partial charge in [0.15, 0.2) is 0 Å². The summed E-state index contributed by atoms with van der Waals surface area (Å²) in [6.45, 7) is 1.77. The van der Waals surface area contributed by atoms with Gasteiger partial charge < -0.3 is 10.2 Å². The van der Waals surface area contributed by atoms with E-state index in [1.54, 1.807) is 0 Å². The minimum atomic E-state index is -3.40. The third-order valence-electron chi connectivity index (χ3n) is 1.23. The number of nitrogens with one attached hydrogen (secondary N) is 1. The first-order chi connectivity index (χ1) is 6.22. The monoisotopic (exact) mass is 224 g/mol. The molecule has 0 aromatic rings. The summed E-state index contributed by atoms with van der Waals surface area (Å²) in [5, 5.41) is 11.2. The zero-order valence-corrected chi connectivity index (χ0v) is 8.82. The van der Waals surface area contributed by atoms with Gasteiger partial charge in [0.2, 0.25) is 19.2 Å². The number of hydrogen-bond donors (Lipinski definition) is 3. The lowest BCUT2D eigenvalue weighted by atomic mass is 10.6. The predicted molar refractivity (Wildman–Crippen MR) is 47.9 cm³/mol. The highest BCUT2D eigenvalue weighted by atomic mass is 31.2. The molecule has 1 atom stereocenters. The smallest absolute Gasteiger partial charge is 0.244 e. The molecule has 7 nitrogen and oxygen atoms in total. The summed E-state index contributed by atoms with van der Waals surface area (Å²) in [6, 6.07) is 0. The predicted octanol–water partition coefficient (Wildman–Crippen LogP) is -0.802. The number of hydroxylamine groups is 2. The van der Waals surface area contributed by atoms with Crippen LogP contribution in [0.3, 0.4) is 0 Å². The van der Waals surface area contributed by atoms with Crippen LogP contribution in [0.2, 0.25) is 0 Å². The molecule has 0 rings (SSSR count). The fraction of sp³-hybridized carbons (Fsp3) is 0.667. The van der Waals surface area contributed by atoms with Crippen LogP contribution < -0.4 is 5.32 Å². The van der Waals surface area contributed by atoms with Gasteiger partial charge in [-0.3, -0.25) is 19.4 Å². The highest BCUT2D eigenvalue weighted by Gasteiger charge is 2.16. The topological polar surface area (TPSA) is 107 Å². The molecule has 0 radical (unpaired) electrons. The van der Waals surface area contributed by atoms with Crippen molar-refractivity contribution < 1.29 is 24.3 Å². The molecule has 0 aromatic heterocycles. The number of amides is 2. The van der Waals surface area contributed by atoms with Crippen LogP contribution in [0.5, 0.6) is 0 Å². The largest absolute Gasteiger partial charge is 0.344 e. The molecule has 0 bridgehead atoms. The summed E-state index contributed by atoms with van der Waals surface area (Å²) >= 11 is 0. The van der Waals surface area contributed by atoms with Crippen LogP contribution in [-0.2, 0) is 14.2 Å². The van der Waals surface area contributed by atoms with Crippen LogP contribution in [0.15, 0.2) is 0 Å². The van der Waals surface area contributed by atoms with Crippen molar-refractivity contribution in [2.45, 2.75) is 6.92 Å². The van der Waals surface area contributed by atoms with Crippen molar-refractivity contribution in [3.63, 3.8) is 0 Å². The first kappa shape index (κ1) is 13.1. The third-order valence-corrected chi connectivity index (χ3v) is 2.10. The van der Waals surface area contributed by atoms with E-state index in [4.69, 9.17) is 10.1 Å². The first-order valence-electron chi connectivity index (χ1n) is 3.75. The van der Waals surface area contributed by atoms with Gasteiger partial charge in [-0.1, -0.05) is 0 Å². The van der Waals surface area contributed by atoms with Crippen LogP contribution >= 0.6 is 7.37 Å². The Balaban J connectivity index is 3.87. The van der Waals surface area contributed by atoms with Crippen LogP contribution in [0.4, 0.5) is 0 Å². The van der Waals surface area contributed by atoms with Gasteiger partial charge in [0.1, 0.15) is 12.8 Å². The van der Waals surface area contributed by atoms with Gasteiger partial charge in [-0.25, -0.2) is 5.06 Å². The van der Waals surface area contributed by atoms with Crippen LogP contribution in [0, 0.1) is 0 Å². The Morgan fingerprint density at radius 3 is 2.36 bits per heavy atom. The summed E-state index contributed by atoms with van der Waals surface area (Å²) < 4.78 is 10.8. The lowest BCUT2D eigenvalue weighted by molar-refractivity contribution is -0.164. The van der Waals surface area contributed by atoms with Gasteiger partial charge in [-0.15, -0.1) is 0 Å². The summed E-state index contributed by atoms with van der Waals surface area (Å²) in [4.78, 5) is 30.2. The van der Waals surface area contributed by atoms with Crippen molar-refractivity contribution >= 4 is 19.2 Å². The second kappa shape index (κ2) is 5.09. The molecule has 0 heterocycles.